The monoisotopic (exact) mass is 486 g/mol. The van der Waals surface area contributed by atoms with Gasteiger partial charge in [0.1, 0.15) is 11.9 Å². The summed E-state index contributed by atoms with van der Waals surface area (Å²) in [5.41, 5.74) is 0.395. The number of rotatable bonds is 4. The van der Waals surface area contributed by atoms with E-state index < -0.39 is 17.9 Å². The molecular formula is C24H25F3N6O2. The second kappa shape index (κ2) is 9.23. The third-order valence-electron chi connectivity index (χ3n) is 6.15. The molecule has 3 N–H and O–H groups in total. The maximum Gasteiger partial charge on any atom is 0.417 e. The number of hydrogen-bond donors (Lipinski definition) is 3. The van der Waals surface area contributed by atoms with Gasteiger partial charge in [0.15, 0.2) is 5.82 Å². The number of fused-ring (bicyclic) bond motifs is 1. The summed E-state index contributed by atoms with van der Waals surface area (Å²) >= 11 is 0. The number of benzene rings is 1. The number of nitrogens with one attached hydrogen (secondary N) is 3. The van der Waals surface area contributed by atoms with E-state index in [4.69, 9.17) is 4.74 Å². The van der Waals surface area contributed by atoms with Gasteiger partial charge in [-0.3, -0.25) is 9.69 Å². The topological polar surface area (TPSA) is 81.2 Å². The summed E-state index contributed by atoms with van der Waals surface area (Å²) in [7, 11) is 0. The van der Waals surface area contributed by atoms with E-state index in [-0.39, 0.29) is 23.3 Å². The number of allylic oxidation sites excluding steroid dienone is 4. The Kier molecular flexibility index (Phi) is 6.12. The molecule has 5 rings (SSSR count). The molecule has 0 bridgehead atoms. The largest absolute Gasteiger partial charge is 0.417 e. The third-order valence-corrected chi connectivity index (χ3v) is 6.15. The summed E-state index contributed by atoms with van der Waals surface area (Å²) in [5.74, 6) is 0.0120. The highest BCUT2D eigenvalue weighted by molar-refractivity contribution is 6.10. The summed E-state index contributed by atoms with van der Waals surface area (Å²) in [6.07, 6.45) is 3.70. The normalized spacial score (nSPS) is 24.4. The number of carbonyl (C=O) groups excluding carboxylic acids is 1. The molecule has 0 saturated carbocycles. The summed E-state index contributed by atoms with van der Waals surface area (Å²) in [4.78, 5) is 15.3. The Labute approximate surface area is 200 Å². The van der Waals surface area contributed by atoms with Gasteiger partial charge in [0.25, 0.3) is 5.91 Å². The Balaban J connectivity index is 1.34. The van der Waals surface area contributed by atoms with Gasteiger partial charge in [0, 0.05) is 18.7 Å². The van der Waals surface area contributed by atoms with Gasteiger partial charge in [-0.1, -0.05) is 24.3 Å². The summed E-state index contributed by atoms with van der Waals surface area (Å²) < 4.78 is 46.1. The zero-order valence-electron chi connectivity index (χ0n) is 19.0. The molecule has 4 aliphatic rings. The zero-order chi connectivity index (χ0) is 24.6. The van der Waals surface area contributed by atoms with E-state index >= 15 is 0 Å². The molecule has 0 radical (unpaired) electrons. The first-order valence-corrected chi connectivity index (χ1v) is 11.3. The van der Waals surface area contributed by atoms with Crippen LogP contribution in [0.4, 0.5) is 13.2 Å². The summed E-state index contributed by atoms with van der Waals surface area (Å²) in [6.45, 7) is 4.56. The van der Waals surface area contributed by atoms with Gasteiger partial charge in [-0.15, -0.1) is 0 Å². The quantitative estimate of drug-likeness (QED) is 0.606. The lowest BCUT2D eigenvalue weighted by Crippen LogP contribution is -2.51. The van der Waals surface area contributed by atoms with Crippen molar-refractivity contribution in [1.82, 2.24) is 25.9 Å². The zero-order valence-corrected chi connectivity index (χ0v) is 19.0. The minimum Gasteiger partial charge on any atom is -0.379 e. The van der Waals surface area contributed by atoms with Crippen LogP contribution in [0.2, 0.25) is 0 Å². The van der Waals surface area contributed by atoms with Crippen molar-refractivity contribution in [3.63, 3.8) is 0 Å². The molecule has 35 heavy (non-hydrogen) atoms. The van der Waals surface area contributed by atoms with Crippen LogP contribution in [0, 0.1) is 0 Å². The Morgan fingerprint density at radius 1 is 1.14 bits per heavy atom. The number of hydrazone groups is 1. The second-order valence-corrected chi connectivity index (χ2v) is 8.45. The first kappa shape index (κ1) is 23.2. The second-order valence-electron chi connectivity index (χ2n) is 8.45. The van der Waals surface area contributed by atoms with Gasteiger partial charge in [0.2, 0.25) is 0 Å². The summed E-state index contributed by atoms with van der Waals surface area (Å²) in [5, 5.41) is 15.3. The van der Waals surface area contributed by atoms with Crippen LogP contribution in [0.5, 0.6) is 0 Å². The summed E-state index contributed by atoms with van der Waals surface area (Å²) in [6, 6.07) is 5.31. The number of alkyl halides is 3. The molecule has 184 valence electrons. The molecule has 11 heteroatoms. The van der Waals surface area contributed by atoms with Crippen LogP contribution in [0.3, 0.4) is 0 Å². The van der Waals surface area contributed by atoms with Crippen LogP contribution in [0.15, 0.2) is 77.0 Å². The van der Waals surface area contributed by atoms with Crippen molar-refractivity contribution >= 4 is 11.6 Å². The molecule has 0 aromatic heterocycles. The molecule has 4 aliphatic heterocycles. The van der Waals surface area contributed by atoms with Crippen LogP contribution >= 0.6 is 0 Å². The minimum absolute atomic E-state index is 0.0277. The average molecular weight is 486 g/mol. The van der Waals surface area contributed by atoms with Gasteiger partial charge in [0.05, 0.1) is 36.4 Å². The van der Waals surface area contributed by atoms with Crippen molar-refractivity contribution in [3.05, 3.63) is 83.0 Å². The predicted molar refractivity (Wildman–Crippen MR) is 123 cm³/mol. The van der Waals surface area contributed by atoms with E-state index in [1.807, 2.05) is 12.2 Å². The van der Waals surface area contributed by atoms with Gasteiger partial charge < -0.3 is 20.7 Å². The van der Waals surface area contributed by atoms with E-state index in [9.17, 15) is 18.0 Å². The molecule has 8 nitrogen and oxygen atoms in total. The van der Waals surface area contributed by atoms with Crippen molar-refractivity contribution in [3.8, 4) is 0 Å². The van der Waals surface area contributed by atoms with E-state index in [0.29, 0.717) is 30.4 Å². The highest BCUT2D eigenvalue weighted by Crippen LogP contribution is 2.33. The van der Waals surface area contributed by atoms with Crippen LogP contribution in [0.25, 0.3) is 0 Å². The van der Waals surface area contributed by atoms with Crippen molar-refractivity contribution in [2.24, 2.45) is 5.10 Å². The maximum absolute atomic E-state index is 13.6. The SMILES string of the molecule is CC1=C(NC(=O)C2=CC=CC(N3CCOCC3)N2)N2N=C(c3ccccc3C(F)(F)F)C=CC2N1. The average Bonchev–Trinajstić information content (AvgIpc) is 3.18. The number of halogens is 3. The number of morpholine rings is 1. The highest BCUT2D eigenvalue weighted by Gasteiger charge is 2.37. The minimum atomic E-state index is -4.51. The van der Waals surface area contributed by atoms with Crippen molar-refractivity contribution in [2.45, 2.75) is 25.4 Å². The predicted octanol–water partition coefficient (Wildman–Crippen LogP) is 2.22. The number of carbonyl (C=O) groups is 1. The van der Waals surface area contributed by atoms with E-state index in [2.05, 4.69) is 26.0 Å². The highest BCUT2D eigenvalue weighted by atomic mass is 19.4. The van der Waals surface area contributed by atoms with Crippen LogP contribution < -0.4 is 16.0 Å². The fourth-order valence-corrected chi connectivity index (χ4v) is 4.38. The number of amides is 1. The molecule has 0 spiro atoms. The Hall–Kier alpha value is -3.57. The van der Waals surface area contributed by atoms with Crippen LogP contribution in [0.1, 0.15) is 18.1 Å². The smallest absolute Gasteiger partial charge is 0.379 e. The van der Waals surface area contributed by atoms with E-state index in [1.54, 1.807) is 31.2 Å². The van der Waals surface area contributed by atoms with Gasteiger partial charge >= 0.3 is 6.18 Å². The third kappa shape index (κ3) is 4.69. The number of hydrogen-bond acceptors (Lipinski definition) is 7. The van der Waals surface area contributed by atoms with Gasteiger partial charge in [-0.25, -0.2) is 5.01 Å². The molecule has 1 amide bonds. The van der Waals surface area contributed by atoms with Crippen molar-refractivity contribution in [2.75, 3.05) is 26.3 Å². The molecule has 1 fully saturated rings. The molecule has 4 heterocycles. The molecule has 2 atom stereocenters. The van der Waals surface area contributed by atoms with Crippen LogP contribution in [-0.2, 0) is 15.7 Å². The van der Waals surface area contributed by atoms with Gasteiger partial charge in [-0.05, 0) is 37.3 Å². The fourth-order valence-electron chi connectivity index (χ4n) is 4.38. The molecular weight excluding hydrogens is 461 g/mol. The first-order valence-electron chi connectivity index (χ1n) is 11.3. The lowest BCUT2D eigenvalue weighted by molar-refractivity contribution is -0.137. The standard InChI is InChI=1S/C24H25F3N6O2/c1-15-22(30-23(34)19-7-4-8-20(29-19)32-11-13-35-14-12-32)33-21(28-15)10-9-18(31-33)16-5-2-3-6-17(16)24(25,26)27/h2-10,20-21,28-29H,11-14H2,1H3,(H,30,34). The van der Waals surface area contributed by atoms with Crippen molar-refractivity contribution < 1.29 is 22.7 Å². The van der Waals surface area contributed by atoms with Crippen LogP contribution in [-0.4, -0.2) is 60.2 Å². The molecule has 0 aliphatic carbocycles. The van der Waals surface area contributed by atoms with E-state index in [1.165, 1.54) is 17.1 Å². The lowest BCUT2D eigenvalue weighted by atomic mass is 10.0. The Morgan fingerprint density at radius 2 is 1.91 bits per heavy atom. The first-order chi connectivity index (χ1) is 16.8. The maximum atomic E-state index is 13.6. The fraction of sp³-hybridized carbons (Fsp3) is 0.333. The Bertz CT molecular complexity index is 1160. The Morgan fingerprint density at radius 3 is 2.69 bits per heavy atom. The molecule has 2 unspecified atom stereocenters. The number of ether oxygens (including phenoxy) is 1. The molecule has 1 saturated heterocycles. The van der Waals surface area contributed by atoms with Gasteiger partial charge in [-0.2, -0.15) is 18.3 Å². The number of nitrogens with zero attached hydrogens (tertiary/aromatic N) is 3. The van der Waals surface area contributed by atoms with E-state index in [0.717, 1.165) is 19.2 Å². The molecule has 1 aromatic carbocycles. The lowest BCUT2D eigenvalue weighted by Gasteiger charge is -2.35. The van der Waals surface area contributed by atoms with Crippen molar-refractivity contribution in [1.29, 1.82) is 0 Å². The number of dihydropyridines is 1. The molecule has 1 aromatic rings.